The number of methoxy groups -OCH3 is 1. The van der Waals surface area contributed by atoms with Crippen molar-refractivity contribution < 1.29 is 33.0 Å². The van der Waals surface area contributed by atoms with Crippen molar-refractivity contribution in [2.45, 2.75) is 51.8 Å². The normalized spacial score (nSPS) is 14.0. The highest BCUT2D eigenvalue weighted by atomic mass is 32.2. The maximum atomic E-state index is 13.2. The van der Waals surface area contributed by atoms with E-state index < -0.39 is 52.0 Å². The smallest absolute Gasteiger partial charge is 0.304 e. The molecule has 2 aromatic carbocycles. The summed E-state index contributed by atoms with van der Waals surface area (Å²) in [5, 5.41) is 26.3. The van der Waals surface area contributed by atoms with Gasteiger partial charge < -0.3 is 25.6 Å². The van der Waals surface area contributed by atoms with E-state index in [1.807, 2.05) is 68.4 Å². The number of carboxylic acid groups (broad SMARTS) is 1. The number of amides is 1. The fraction of sp³-hybridized carbons (Fsp3) is 0.500. The Kier molecular flexibility index (Phi) is 12.7. The van der Waals surface area contributed by atoms with Gasteiger partial charge in [-0.2, -0.15) is 0 Å². The van der Waals surface area contributed by atoms with Gasteiger partial charge in [0.25, 0.3) is 0 Å². The van der Waals surface area contributed by atoms with Crippen LogP contribution in [0.15, 0.2) is 54.6 Å². The second-order valence-electron chi connectivity index (χ2n) is 9.95. The number of hydrogen-bond donors (Lipinski definition) is 4. The summed E-state index contributed by atoms with van der Waals surface area (Å²) in [6.45, 7) is 4.39. The van der Waals surface area contributed by atoms with E-state index in [0.29, 0.717) is 18.7 Å². The SMILES string of the molecule is COc1cccc(CNC[C@H](O)[C@H](Cc2ccccc2)NC(=O)C(CC(=O)O)CS(=O)(=O)CCC(C)C)c1. The molecule has 2 aromatic rings. The monoisotopic (exact) mass is 548 g/mol. The van der Waals surface area contributed by atoms with Crippen LogP contribution in [0.4, 0.5) is 0 Å². The molecule has 0 radical (unpaired) electrons. The van der Waals surface area contributed by atoms with Crippen molar-refractivity contribution in [2.24, 2.45) is 11.8 Å². The Bertz CT molecular complexity index is 1120. The van der Waals surface area contributed by atoms with Gasteiger partial charge in [0.05, 0.1) is 43.1 Å². The van der Waals surface area contributed by atoms with Crippen LogP contribution < -0.4 is 15.4 Å². The standard InChI is InChI=1S/C28H40N2O7S/c1-20(2)12-13-38(35,36)19-23(16-27(32)33)28(34)30-25(15-21-8-5-4-6-9-21)26(31)18-29-17-22-10-7-11-24(14-22)37-3/h4-11,14,20,23,25-26,29,31H,12-13,15-19H2,1-3H3,(H,30,34)(H,32,33)/t23?,25-,26-/m0/s1. The molecular formula is C28H40N2O7S. The topological polar surface area (TPSA) is 142 Å². The molecule has 0 heterocycles. The van der Waals surface area contributed by atoms with Crippen LogP contribution in [0.1, 0.15) is 37.8 Å². The van der Waals surface area contributed by atoms with Crippen molar-refractivity contribution in [1.29, 1.82) is 0 Å². The number of aliphatic hydroxyl groups excluding tert-OH is 1. The molecule has 0 aliphatic carbocycles. The third-order valence-corrected chi connectivity index (χ3v) is 7.93. The van der Waals surface area contributed by atoms with Crippen molar-refractivity contribution in [3.05, 3.63) is 65.7 Å². The van der Waals surface area contributed by atoms with Crippen LogP contribution >= 0.6 is 0 Å². The summed E-state index contributed by atoms with van der Waals surface area (Å²) in [7, 11) is -2.06. The van der Waals surface area contributed by atoms with Crippen LogP contribution in [0.5, 0.6) is 5.75 Å². The summed E-state index contributed by atoms with van der Waals surface area (Å²) in [6.07, 6.45) is -0.922. The number of hydrogen-bond acceptors (Lipinski definition) is 7. The van der Waals surface area contributed by atoms with E-state index in [-0.39, 0.29) is 24.6 Å². The average molecular weight is 549 g/mol. The Labute approximate surface area is 225 Å². The number of carbonyl (C=O) groups is 2. The summed E-state index contributed by atoms with van der Waals surface area (Å²) in [4.78, 5) is 24.6. The van der Waals surface area contributed by atoms with Crippen LogP contribution in [0, 0.1) is 11.8 Å². The number of carboxylic acids is 1. The molecule has 0 fully saturated rings. The summed E-state index contributed by atoms with van der Waals surface area (Å²) in [5.74, 6) is -3.02. The van der Waals surface area contributed by atoms with Crippen molar-refractivity contribution in [3.63, 3.8) is 0 Å². The molecule has 10 heteroatoms. The molecule has 0 aromatic heterocycles. The van der Waals surface area contributed by atoms with Crippen molar-refractivity contribution in [3.8, 4) is 5.75 Å². The zero-order valence-electron chi connectivity index (χ0n) is 22.3. The molecule has 1 unspecified atom stereocenters. The van der Waals surface area contributed by atoms with Gasteiger partial charge in [0.15, 0.2) is 9.84 Å². The van der Waals surface area contributed by atoms with E-state index in [9.17, 15) is 28.2 Å². The van der Waals surface area contributed by atoms with E-state index in [0.717, 1.165) is 11.1 Å². The third kappa shape index (κ3) is 11.6. The predicted octanol–water partition coefficient (Wildman–Crippen LogP) is 2.43. The molecule has 38 heavy (non-hydrogen) atoms. The molecule has 0 aliphatic rings. The van der Waals surface area contributed by atoms with Crippen molar-refractivity contribution >= 4 is 21.7 Å². The van der Waals surface area contributed by atoms with E-state index >= 15 is 0 Å². The second kappa shape index (κ2) is 15.5. The Morgan fingerprint density at radius 3 is 2.34 bits per heavy atom. The van der Waals surface area contributed by atoms with Crippen LogP contribution in [0.2, 0.25) is 0 Å². The maximum absolute atomic E-state index is 13.2. The van der Waals surface area contributed by atoms with Gasteiger partial charge in [-0.05, 0) is 42.0 Å². The summed E-state index contributed by atoms with van der Waals surface area (Å²) in [6, 6.07) is 16.0. The number of aliphatic hydroxyl groups is 1. The van der Waals surface area contributed by atoms with Gasteiger partial charge >= 0.3 is 5.97 Å². The first-order chi connectivity index (χ1) is 18.0. The molecule has 2 rings (SSSR count). The van der Waals surface area contributed by atoms with Gasteiger partial charge in [-0.1, -0.05) is 56.3 Å². The van der Waals surface area contributed by atoms with Crippen LogP contribution in [0.25, 0.3) is 0 Å². The van der Waals surface area contributed by atoms with Gasteiger partial charge in [-0.3, -0.25) is 9.59 Å². The van der Waals surface area contributed by atoms with Crippen LogP contribution in [-0.2, 0) is 32.4 Å². The highest BCUT2D eigenvalue weighted by molar-refractivity contribution is 7.91. The van der Waals surface area contributed by atoms with E-state index in [4.69, 9.17) is 4.74 Å². The van der Waals surface area contributed by atoms with E-state index in [2.05, 4.69) is 10.6 Å². The first-order valence-electron chi connectivity index (χ1n) is 12.8. The minimum Gasteiger partial charge on any atom is -0.497 e. The first kappa shape index (κ1) is 31.3. The summed E-state index contributed by atoms with van der Waals surface area (Å²) < 4.78 is 30.5. The van der Waals surface area contributed by atoms with Crippen LogP contribution in [0.3, 0.4) is 0 Å². The minimum atomic E-state index is -3.64. The largest absolute Gasteiger partial charge is 0.497 e. The van der Waals surface area contributed by atoms with Gasteiger partial charge in [0, 0.05) is 13.1 Å². The Morgan fingerprint density at radius 2 is 1.71 bits per heavy atom. The summed E-state index contributed by atoms with van der Waals surface area (Å²) >= 11 is 0. The number of sulfone groups is 1. The lowest BCUT2D eigenvalue weighted by atomic mass is 9.99. The average Bonchev–Trinajstić information content (AvgIpc) is 2.87. The Morgan fingerprint density at radius 1 is 1.03 bits per heavy atom. The molecule has 0 saturated heterocycles. The highest BCUT2D eigenvalue weighted by Crippen LogP contribution is 2.15. The predicted molar refractivity (Wildman–Crippen MR) is 147 cm³/mol. The van der Waals surface area contributed by atoms with Gasteiger partial charge in [0.1, 0.15) is 5.75 Å². The van der Waals surface area contributed by atoms with E-state index in [1.54, 1.807) is 7.11 Å². The molecule has 9 nitrogen and oxygen atoms in total. The van der Waals surface area contributed by atoms with Gasteiger partial charge in [0.2, 0.25) is 5.91 Å². The second-order valence-corrected chi connectivity index (χ2v) is 12.2. The fourth-order valence-electron chi connectivity index (χ4n) is 3.98. The molecule has 3 atom stereocenters. The molecule has 210 valence electrons. The lowest BCUT2D eigenvalue weighted by Crippen LogP contribution is -2.51. The number of aliphatic carboxylic acids is 1. The minimum absolute atomic E-state index is 0.113. The lowest BCUT2D eigenvalue weighted by Gasteiger charge is -2.27. The summed E-state index contributed by atoms with van der Waals surface area (Å²) in [5.41, 5.74) is 1.82. The molecule has 0 bridgehead atoms. The highest BCUT2D eigenvalue weighted by Gasteiger charge is 2.31. The zero-order valence-corrected chi connectivity index (χ0v) is 23.1. The molecule has 0 saturated carbocycles. The van der Waals surface area contributed by atoms with E-state index in [1.165, 1.54) is 0 Å². The van der Waals surface area contributed by atoms with Crippen molar-refractivity contribution in [2.75, 3.05) is 25.2 Å². The van der Waals surface area contributed by atoms with Crippen LogP contribution in [-0.4, -0.2) is 67.8 Å². The number of benzene rings is 2. The number of nitrogens with one attached hydrogen (secondary N) is 2. The quantitative estimate of drug-likeness (QED) is 0.236. The molecule has 4 N–H and O–H groups in total. The fourth-order valence-corrected chi connectivity index (χ4v) is 5.86. The molecule has 1 amide bonds. The third-order valence-electron chi connectivity index (χ3n) is 6.16. The lowest BCUT2D eigenvalue weighted by molar-refractivity contribution is -0.141. The van der Waals surface area contributed by atoms with Gasteiger partial charge in [-0.15, -0.1) is 0 Å². The number of ether oxygens (including phenoxy) is 1. The van der Waals surface area contributed by atoms with Crippen molar-refractivity contribution in [1.82, 2.24) is 10.6 Å². The molecule has 0 spiro atoms. The van der Waals surface area contributed by atoms with Gasteiger partial charge in [-0.25, -0.2) is 8.42 Å². The molecule has 0 aliphatic heterocycles. The Hall–Kier alpha value is -2.95. The first-order valence-corrected chi connectivity index (χ1v) is 14.6. The maximum Gasteiger partial charge on any atom is 0.304 e. The zero-order chi connectivity index (χ0) is 28.1. The molecular weight excluding hydrogens is 508 g/mol. The number of rotatable bonds is 17. The Balaban J connectivity index is 2.13. The number of carbonyl (C=O) groups excluding carboxylic acids is 1.